The number of aliphatic hydroxyl groups is 1. The van der Waals surface area contributed by atoms with Crippen LogP contribution >= 0.6 is 0 Å². The smallest absolute Gasteiger partial charge is 0.0682 e. The van der Waals surface area contributed by atoms with E-state index in [1.165, 1.54) is 10.9 Å². The minimum absolute atomic E-state index is 0.0899. The lowest BCUT2D eigenvalue weighted by Crippen LogP contribution is -2.21. The van der Waals surface area contributed by atoms with Gasteiger partial charge < -0.3 is 20.1 Å². The van der Waals surface area contributed by atoms with Gasteiger partial charge in [-0.25, -0.2) is 0 Å². The average Bonchev–Trinajstić information content (AvgIpc) is 2.81. The van der Waals surface area contributed by atoms with Gasteiger partial charge in [-0.05, 0) is 36.2 Å². The van der Waals surface area contributed by atoms with Crippen LogP contribution in [0.25, 0.3) is 10.9 Å². The van der Waals surface area contributed by atoms with Crippen molar-refractivity contribution in [3.05, 3.63) is 35.5 Å². The fourth-order valence-corrected chi connectivity index (χ4v) is 2.05. The predicted octanol–water partition coefficient (Wildman–Crippen LogP) is 1.44. The molecular formula is C14H20N2O2. The molecule has 0 bridgehead atoms. The van der Waals surface area contributed by atoms with Crippen molar-refractivity contribution < 1.29 is 9.84 Å². The second-order valence-corrected chi connectivity index (χ2v) is 4.34. The first-order valence-electron chi connectivity index (χ1n) is 6.24. The van der Waals surface area contributed by atoms with Gasteiger partial charge in [-0.3, -0.25) is 0 Å². The highest BCUT2D eigenvalue weighted by Crippen LogP contribution is 2.20. The Labute approximate surface area is 107 Å². The Morgan fingerprint density at radius 3 is 3.00 bits per heavy atom. The molecule has 0 spiro atoms. The Morgan fingerprint density at radius 1 is 1.33 bits per heavy atom. The zero-order valence-corrected chi connectivity index (χ0v) is 10.7. The molecule has 2 rings (SSSR count). The lowest BCUT2D eigenvalue weighted by atomic mass is 10.1. The van der Waals surface area contributed by atoms with Gasteiger partial charge in [0.05, 0.1) is 13.2 Å². The lowest BCUT2D eigenvalue weighted by molar-refractivity contribution is 0.199. The van der Waals surface area contributed by atoms with Crippen molar-refractivity contribution in [1.82, 2.24) is 10.3 Å². The van der Waals surface area contributed by atoms with Crippen LogP contribution in [0.5, 0.6) is 0 Å². The third-order valence-corrected chi connectivity index (χ3v) is 3.07. The van der Waals surface area contributed by atoms with Gasteiger partial charge in [0.15, 0.2) is 0 Å². The van der Waals surface area contributed by atoms with E-state index in [-0.39, 0.29) is 6.61 Å². The fourth-order valence-electron chi connectivity index (χ4n) is 2.05. The standard InChI is InChI=1S/C14H20N2O2/c1-18-7-6-15-5-4-12-9-16-14-3-2-11(10-17)8-13(12)14/h2-3,8-9,15-17H,4-7,10H2,1H3. The molecular weight excluding hydrogens is 228 g/mol. The van der Waals surface area contributed by atoms with Crippen molar-refractivity contribution in [2.75, 3.05) is 26.8 Å². The summed E-state index contributed by atoms with van der Waals surface area (Å²) in [6, 6.07) is 6.01. The number of fused-ring (bicyclic) bond motifs is 1. The summed E-state index contributed by atoms with van der Waals surface area (Å²) >= 11 is 0. The van der Waals surface area contributed by atoms with Crippen molar-refractivity contribution in [2.24, 2.45) is 0 Å². The number of aliphatic hydroxyl groups excluding tert-OH is 1. The molecule has 0 aliphatic heterocycles. The highest BCUT2D eigenvalue weighted by atomic mass is 16.5. The zero-order valence-electron chi connectivity index (χ0n) is 10.7. The fraction of sp³-hybridized carbons (Fsp3) is 0.429. The van der Waals surface area contributed by atoms with Gasteiger partial charge in [0, 0.05) is 30.8 Å². The van der Waals surface area contributed by atoms with Crippen LogP contribution in [0.15, 0.2) is 24.4 Å². The molecule has 3 N–H and O–H groups in total. The van der Waals surface area contributed by atoms with E-state index in [1.54, 1.807) is 7.11 Å². The van der Waals surface area contributed by atoms with Crippen LogP contribution in [-0.4, -0.2) is 36.9 Å². The third-order valence-electron chi connectivity index (χ3n) is 3.07. The van der Waals surface area contributed by atoms with E-state index >= 15 is 0 Å². The van der Waals surface area contributed by atoms with E-state index in [4.69, 9.17) is 9.84 Å². The van der Waals surface area contributed by atoms with Crippen LogP contribution in [0.2, 0.25) is 0 Å². The minimum atomic E-state index is 0.0899. The molecule has 0 saturated heterocycles. The number of aromatic amines is 1. The molecule has 2 aromatic rings. The van der Waals surface area contributed by atoms with Crippen LogP contribution < -0.4 is 5.32 Å². The number of H-pyrrole nitrogens is 1. The molecule has 0 amide bonds. The van der Waals surface area contributed by atoms with E-state index < -0.39 is 0 Å². The summed E-state index contributed by atoms with van der Waals surface area (Å²) in [6.07, 6.45) is 3.02. The largest absolute Gasteiger partial charge is 0.392 e. The van der Waals surface area contributed by atoms with Crippen molar-refractivity contribution in [1.29, 1.82) is 0 Å². The van der Waals surface area contributed by atoms with E-state index in [1.807, 2.05) is 18.3 Å². The van der Waals surface area contributed by atoms with E-state index in [2.05, 4.69) is 16.4 Å². The van der Waals surface area contributed by atoms with Crippen molar-refractivity contribution in [3.8, 4) is 0 Å². The quantitative estimate of drug-likeness (QED) is 0.650. The number of hydrogen-bond acceptors (Lipinski definition) is 3. The molecule has 4 heteroatoms. The summed E-state index contributed by atoms with van der Waals surface area (Å²) in [6.45, 7) is 2.63. The second-order valence-electron chi connectivity index (χ2n) is 4.34. The first kappa shape index (κ1) is 13.1. The molecule has 18 heavy (non-hydrogen) atoms. The summed E-state index contributed by atoms with van der Waals surface area (Å²) in [5.74, 6) is 0. The van der Waals surface area contributed by atoms with Crippen LogP contribution in [0.3, 0.4) is 0 Å². The highest BCUT2D eigenvalue weighted by Gasteiger charge is 2.04. The zero-order chi connectivity index (χ0) is 12.8. The summed E-state index contributed by atoms with van der Waals surface area (Å²) in [7, 11) is 1.71. The van der Waals surface area contributed by atoms with E-state index in [0.29, 0.717) is 0 Å². The number of nitrogens with one attached hydrogen (secondary N) is 2. The molecule has 4 nitrogen and oxygen atoms in total. The number of hydrogen-bond donors (Lipinski definition) is 3. The maximum absolute atomic E-state index is 9.16. The van der Waals surface area contributed by atoms with E-state index in [0.717, 1.165) is 37.2 Å². The highest BCUT2D eigenvalue weighted by molar-refractivity contribution is 5.83. The summed E-state index contributed by atoms with van der Waals surface area (Å²) < 4.78 is 4.98. The summed E-state index contributed by atoms with van der Waals surface area (Å²) in [5.41, 5.74) is 3.36. The summed E-state index contributed by atoms with van der Waals surface area (Å²) in [4.78, 5) is 3.26. The lowest BCUT2D eigenvalue weighted by Gasteiger charge is -2.04. The summed E-state index contributed by atoms with van der Waals surface area (Å²) in [5, 5.41) is 13.7. The number of ether oxygens (including phenoxy) is 1. The molecule has 0 fully saturated rings. The Morgan fingerprint density at radius 2 is 2.22 bits per heavy atom. The number of methoxy groups -OCH3 is 1. The predicted molar refractivity (Wildman–Crippen MR) is 72.7 cm³/mol. The third kappa shape index (κ3) is 3.10. The normalized spacial score (nSPS) is 11.2. The Balaban J connectivity index is 1.99. The van der Waals surface area contributed by atoms with Gasteiger partial charge in [0.1, 0.15) is 0 Å². The van der Waals surface area contributed by atoms with Gasteiger partial charge >= 0.3 is 0 Å². The van der Waals surface area contributed by atoms with Crippen molar-refractivity contribution in [2.45, 2.75) is 13.0 Å². The van der Waals surface area contributed by atoms with Crippen LogP contribution in [-0.2, 0) is 17.8 Å². The minimum Gasteiger partial charge on any atom is -0.392 e. The molecule has 1 aromatic heterocycles. The molecule has 0 unspecified atom stereocenters. The van der Waals surface area contributed by atoms with Crippen LogP contribution in [0.1, 0.15) is 11.1 Å². The molecule has 0 aliphatic carbocycles. The van der Waals surface area contributed by atoms with Gasteiger partial charge in [-0.2, -0.15) is 0 Å². The Hall–Kier alpha value is -1.36. The number of rotatable bonds is 7. The second kappa shape index (κ2) is 6.54. The average molecular weight is 248 g/mol. The number of benzene rings is 1. The molecule has 98 valence electrons. The number of aromatic nitrogens is 1. The van der Waals surface area contributed by atoms with Gasteiger partial charge in [0.2, 0.25) is 0 Å². The van der Waals surface area contributed by atoms with Crippen molar-refractivity contribution in [3.63, 3.8) is 0 Å². The molecule has 0 saturated carbocycles. The molecule has 0 atom stereocenters. The first-order chi connectivity index (χ1) is 8.85. The maximum atomic E-state index is 9.16. The molecule has 1 aromatic carbocycles. The maximum Gasteiger partial charge on any atom is 0.0682 e. The van der Waals surface area contributed by atoms with Gasteiger partial charge in [-0.1, -0.05) is 6.07 Å². The molecule has 1 heterocycles. The SMILES string of the molecule is COCCNCCc1c[nH]c2ccc(CO)cc12. The van der Waals surface area contributed by atoms with Gasteiger partial charge in [0.25, 0.3) is 0 Å². The monoisotopic (exact) mass is 248 g/mol. The van der Waals surface area contributed by atoms with Gasteiger partial charge in [-0.15, -0.1) is 0 Å². The molecule has 0 aliphatic rings. The first-order valence-corrected chi connectivity index (χ1v) is 6.24. The van der Waals surface area contributed by atoms with E-state index in [9.17, 15) is 0 Å². The Kier molecular flexibility index (Phi) is 4.75. The van der Waals surface area contributed by atoms with Crippen LogP contribution in [0.4, 0.5) is 0 Å². The van der Waals surface area contributed by atoms with Crippen LogP contribution in [0, 0.1) is 0 Å². The van der Waals surface area contributed by atoms with Crippen molar-refractivity contribution >= 4 is 10.9 Å². The topological polar surface area (TPSA) is 57.3 Å². The molecule has 0 radical (unpaired) electrons. The Bertz CT molecular complexity index is 493.